The molecule has 2 rings (SSSR count). The van der Waals surface area contributed by atoms with E-state index in [-0.39, 0.29) is 24.1 Å². The Hall–Kier alpha value is -1.06. The lowest BCUT2D eigenvalue weighted by atomic mass is 9.92. The number of rotatable bonds is 1. The lowest BCUT2D eigenvalue weighted by Gasteiger charge is -2.38. The molecule has 2 saturated heterocycles. The van der Waals surface area contributed by atoms with Gasteiger partial charge in [-0.3, -0.25) is 0 Å². The van der Waals surface area contributed by atoms with Crippen molar-refractivity contribution in [2.24, 2.45) is 5.92 Å². The first-order chi connectivity index (χ1) is 7.90. The summed E-state index contributed by atoms with van der Waals surface area (Å²) in [4.78, 5) is 24.8. The molecule has 0 radical (unpaired) electrons. The van der Waals surface area contributed by atoms with E-state index in [1.54, 1.807) is 0 Å². The second-order valence-corrected chi connectivity index (χ2v) is 6.14. The molecule has 0 aromatic rings. The van der Waals surface area contributed by atoms with E-state index in [0.717, 1.165) is 32.0 Å². The number of nitrogens with zero attached hydrogens (tertiary/aromatic N) is 1. The molecule has 2 aliphatic rings. The molecule has 3 atom stereocenters. The molecule has 2 heterocycles. The van der Waals surface area contributed by atoms with Gasteiger partial charge < -0.3 is 14.4 Å². The van der Waals surface area contributed by atoms with Crippen LogP contribution in [0.3, 0.4) is 0 Å². The van der Waals surface area contributed by atoms with E-state index in [1.807, 2.05) is 25.7 Å². The molecule has 96 valence electrons. The van der Waals surface area contributed by atoms with Crippen molar-refractivity contribution in [3.8, 4) is 0 Å². The molecule has 0 spiro atoms. The van der Waals surface area contributed by atoms with Gasteiger partial charge in [0.15, 0.2) is 0 Å². The van der Waals surface area contributed by atoms with Crippen LogP contribution in [0, 0.1) is 5.92 Å². The van der Waals surface area contributed by atoms with E-state index in [4.69, 9.17) is 4.74 Å². The fourth-order valence-electron chi connectivity index (χ4n) is 2.94. The number of hydrogen-bond donors (Lipinski definition) is 0. The molecule has 0 saturated carbocycles. The van der Waals surface area contributed by atoms with Gasteiger partial charge in [0.1, 0.15) is 11.9 Å². The lowest BCUT2D eigenvalue weighted by molar-refractivity contribution is -0.113. The molecular weight excluding hydrogens is 218 g/mol. The van der Waals surface area contributed by atoms with Crippen molar-refractivity contribution in [3.63, 3.8) is 0 Å². The van der Waals surface area contributed by atoms with E-state index >= 15 is 0 Å². The van der Waals surface area contributed by atoms with Crippen LogP contribution in [0.2, 0.25) is 0 Å². The van der Waals surface area contributed by atoms with Gasteiger partial charge in [0.25, 0.3) is 0 Å². The van der Waals surface area contributed by atoms with Crippen LogP contribution in [0.1, 0.15) is 46.5 Å². The van der Waals surface area contributed by atoms with E-state index < -0.39 is 5.60 Å². The summed E-state index contributed by atoms with van der Waals surface area (Å²) in [6.45, 7) is 5.64. The Morgan fingerprint density at radius 3 is 2.18 bits per heavy atom. The highest BCUT2D eigenvalue weighted by Gasteiger charge is 2.44. The van der Waals surface area contributed by atoms with E-state index in [2.05, 4.69) is 0 Å². The quantitative estimate of drug-likeness (QED) is 0.660. The second kappa shape index (κ2) is 4.31. The number of amides is 1. The third-order valence-corrected chi connectivity index (χ3v) is 3.57. The van der Waals surface area contributed by atoms with E-state index in [1.165, 1.54) is 0 Å². The van der Waals surface area contributed by atoms with Gasteiger partial charge in [-0.05, 0) is 46.5 Å². The van der Waals surface area contributed by atoms with Crippen molar-refractivity contribution < 1.29 is 14.3 Å². The van der Waals surface area contributed by atoms with Gasteiger partial charge in [0.05, 0.1) is 0 Å². The van der Waals surface area contributed by atoms with Crippen LogP contribution in [0.5, 0.6) is 0 Å². The maximum Gasteiger partial charge on any atom is 0.410 e. The molecule has 0 aliphatic carbocycles. The molecule has 2 bridgehead atoms. The van der Waals surface area contributed by atoms with Crippen LogP contribution >= 0.6 is 0 Å². The summed E-state index contributed by atoms with van der Waals surface area (Å²) in [7, 11) is 0. The highest BCUT2D eigenvalue weighted by Crippen LogP contribution is 2.38. The summed E-state index contributed by atoms with van der Waals surface area (Å²) in [6, 6.07) is 0.414. The molecule has 2 aliphatic heterocycles. The van der Waals surface area contributed by atoms with Gasteiger partial charge in [-0.25, -0.2) is 4.79 Å². The Balaban J connectivity index is 2.04. The first-order valence-electron chi connectivity index (χ1n) is 6.37. The van der Waals surface area contributed by atoms with Crippen LogP contribution in [-0.2, 0) is 9.53 Å². The number of carbonyl (C=O) groups excluding carboxylic acids is 2. The molecular formula is C13H21NO3. The number of fused-ring (bicyclic) bond motifs is 2. The molecule has 0 N–H and O–H groups in total. The Morgan fingerprint density at radius 2 is 1.76 bits per heavy atom. The average Bonchev–Trinajstić information content (AvgIpc) is 2.47. The summed E-state index contributed by atoms with van der Waals surface area (Å²) >= 11 is 0. The standard InChI is InChI=1S/C13H21NO3/c1-13(2,3)17-12(16)14-10-4-5-11(14)7-9(6-10)8-15/h8-11H,4-7H2,1-3H3/t9-,10-,11+. The predicted octanol–water partition coefficient (Wildman–Crippen LogP) is 2.36. The smallest absolute Gasteiger partial charge is 0.410 e. The molecule has 17 heavy (non-hydrogen) atoms. The zero-order chi connectivity index (χ0) is 12.6. The van der Waals surface area contributed by atoms with Crippen LogP contribution in [-0.4, -0.2) is 35.0 Å². The highest BCUT2D eigenvalue weighted by atomic mass is 16.6. The van der Waals surface area contributed by atoms with Crippen molar-refractivity contribution in [1.82, 2.24) is 4.90 Å². The third-order valence-electron chi connectivity index (χ3n) is 3.57. The predicted molar refractivity (Wildman–Crippen MR) is 63.7 cm³/mol. The van der Waals surface area contributed by atoms with Gasteiger partial charge in [-0.15, -0.1) is 0 Å². The van der Waals surface area contributed by atoms with Crippen LogP contribution in [0.15, 0.2) is 0 Å². The topological polar surface area (TPSA) is 46.6 Å². The van der Waals surface area contributed by atoms with Gasteiger partial charge in [0.2, 0.25) is 0 Å². The first-order valence-corrected chi connectivity index (χ1v) is 6.37. The van der Waals surface area contributed by atoms with E-state index in [9.17, 15) is 9.59 Å². The minimum atomic E-state index is -0.446. The maximum atomic E-state index is 12.1. The maximum absolute atomic E-state index is 12.1. The fourth-order valence-corrected chi connectivity index (χ4v) is 2.94. The summed E-state index contributed by atoms with van der Waals surface area (Å²) < 4.78 is 5.43. The summed E-state index contributed by atoms with van der Waals surface area (Å²) in [6.07, 6.45) is 4.45. The first kappa shape index (κ1) is 12.4. The van der Waals surface area contributed by atoms with Crippen molar-refractivity contribution in [1.29, 1.82) is 0 Å². The fraction of sp³-hybridized carbons (Fsp3) is 0.846. The van der Waals surface area contributed by atoms with Crippen LogP contribution < -0.4 is 0 Å². The molecule has 1 amide bonds. The average molecular weight is 239 g/mol. The molecule has 0 aromatic carbocycles. The number of ether oxygens (including phenoxy) is 1. The molecule has 2 fully saturated rings. The van der Waals surface area contributed by atoms with Gasteiger partial charge in [-0.1, -0.05) is 0 Å². The Morgan fingerprint density at radius 1 is 1.24 bits per heavy atom. The summed E-state index contributed by atoms with van der Waals surface area (Å²) in [5.74, 6) is 0.131. The van der Waals surface area contributed by atoms with E-state index in [0.29, 0.717) is 0 Å². The normalized spacial score (nSPS) is 32.4. The van der Waals surface area contributed by atoms with Crippen LogP contribution in [0.25, 0.3) is 0 Å². The van der Waals surface area contributed by atoms with Gasteiger partial charge in [-0.2, -0.15) is 0 Å². The van der Waals surface area contributed by atoms with Gasteiger partial charge in [0, 0.05) is 18.0 Å². The van der Waals surface area contributed by atoms with Crippen molar-refractivity contribution in [2.45, 2.75) is 64.1 Å². The van der Waals surface area contributed by atoms with Crippen LogP contribution in [0.4, 0.5) is 4.79 Å². The summed E-state index contributed by atoms with van der Waals surface area (Å²) in [5.41, 5.74) is -0.446. The number of aldehydes is 1. The third kappa shape index (κ3) is 2.61. The highest BCUT2D eigenvalue weighted by molar-refractivity contribution is 5.70. The lowest BCUT2D eigenvalue weighted by Crippen LogP contribution is -2.48. The summed E-state index contributed by atoms with van der Waals surface area (Å²) in [5, 5.41) is 0. The zero-order valence-corrected chi connectivity index (χ0v) is 10.8. The second-order valence-electron chi connectivity index (χ2n) is 6.14. The molecule has 0 unspecified atom stereocenters. The zero-order valence-electron chi connectivity index (χ0n) is 10.8. The number of carbonyl (C=O) groups is 2. The molecule has 4 heteroatoms. The molecule has 4 nitrogen and oxygen atoms in total. The SMILES string of the molecule is CC(C)(C)OC(=O)N1[C@@H]2CC[C@H]1C[C@H](C=O)C2. The Bertz CT molecular complexity index is 307. The minimum absolute atomic E-state index is 0.131. The van der Waals surface area contributed by atoms with Crippen molar-refractivity contribution in [3.05, 3.63) is 0 Å². The molecule has 0 aromatic heterocycles. The largest absolute Gasteiger partial charge is 0.444 e. The van der Waals surface area contributed by atoms with Crippen molar-refractivity contribution in [2.75, 3.05) is 0 Å². The Kier molecular flexibility index (Phi) is 3.15. The number of piperidine rings is 1. The Labute approximate surface area is 102 Å². The van der Waals surface area contributed by atoms with Crippen molar-refractivity contribution >= 4 is 12.4 Å². The minimum Gasteiger partial charge on any atom is -0.444 e. The van der Waals surface area contributed by atoms with Gasteiger partial charge >= 0.3 is 6.09 Å². The monoisotopic (exact) mass is 239 g/mol. The number of hydrogen-bond acceptors (Lipinski definition) is 3.